The summed E-state index contributed by atoms with van der Waals surface area (Å²) in [6.07, 6.45) is 0. The molecular formula is C9H10ClNO2. The van der Waals surface area contributed by atoms with Gasteiger partial charge in [0.1, 0.15) is 5.88 Å². The van der Waals surface area contributed by atoms with E-state index in [1.54, 1.807) is 0 Å². The quantitative estimate of drug-likeness (QED) is 0.457. The van der Waals surface area contributed by atoms with Crippen LogP contribution in [0.3, 0.4) is 0 Å². The molecule has 0 atom stereocenters. The van der Waals surface area contributed by atoms with Crippen molar-refractivity contribution in [2.75, 3.05) is 5.88 Å². The molecule has 0 unspecified atom stereocenters. The van der Waals surface area contributed by atoms with E-state index in [0.717, 1.165) is 5.56 Å². The molecule has 3 nitrogen and oxygen atoms in total. The number of rotatable bonds is 3. The topological polar surface area (TPSA) is 40.5 Å². The molecule has 0 aliphatic heterocycles. The van der Waals surface area contributed by atoms with E-state index in [2.05, 4.69) is 0 Å². The molecule has 0 saturated heterocycles. The molecule has 4 heteroatoms. The number of halogens is 1. The molecule has 0 bridgehead atoms. The minimum Gasteiger partial charge on any atom is -0.286 e. The lowest BCUT2D eigenvalue weighted by Crippen LogP contribution is -2.27. The van der Waals surface area contributed by atoms with Crippen LogP contribution < -0.4 is 0 Å². The molecular weight excluding hydrogens is 190 g/mol. The second-order valence-corrected chi connectivity index (χ2v) is 2.84. The fraction of sp³-hybridized carbons (Fsp3) is 0.222. The standard InChI is InChI=1S/C9H10ClNO2/c10-6-9(12)11(13)7-8-4-2-1-3-5-8/h1-5,13H,6-7H2. The molecule has 0 spiro atoms. The van der Waals surface area contributed by atoms with Gasteiger partial charge in [0.05, 0.1) is 6.54 Å². The molecule has 0 aliphatic carbocycles. The van der Waals surface area contributed by atoms with Crippen molar-refractivity contribution in [1.82, 2.24) is 5.06 Å². The molecule has 70 valence electrons. The summed E-state index contributed by atoms with van der Waals surface area (Å²) in [4.78, 5) is 10.9. The zero-order chi connectivity index (χ0) is 9.68. The van der Waals surface area contributed by atoms with Gasteiger partial charge in [-0.05, 0) is 5.56 Å². The van der Waals surface area contributed by atoms with Crippen LogP contribution in [0.1, 0.15) is 5.56 Å². The molecule has 13 heavy (non-hydrogen) atoms. The summed E-state index contributed by atoms with van der Waals surface area (Å²) in [5, 5.41) is 9.78. The summed E-state index contributed by atoms with van der Waals surface area (Å²) in [6, 6.07) is 9.20. The van der Waals surface area contributed by atoms with Crippen molar-refractivity contribution >= 4 is 17.5 Å². The van der Waals surface area contributed by atoms with Gasteiger partial charge in [0.2, 0.25) is 0 Å². The minimum absolute atomic E-state index is 0.173. The Morgan fingerprint density at radius 3 is 2.54 bits per heavy atom. The fourth-order valence-corrected chi connectivity index (χ4v) is 1.05. The highest BCUT2D eigenvalue weighted by Gasteiger charge is 2.08. The van der Waals surface area contributed by atoms with Crippen LogP contribution in [0, 0.1) is 0 Å². The first-order valence-corrected chi connectivity index (χ1v) is 4.36. The van der Waals surface area contributed by atoms with Gasteiger partial charge < -0.3 is 0 Å². The zero-order valence-corrected chi connectivity index (χ0v) is 7.74. The number of carbonyl (C=O) groups is 1. The number of hydroxylamine groups is 2. The second-order valence-electron chi connectivity index (χ2n) is 2.57. The summed E-state index contributed by atoms with van der Waals surface area (Å²) in [6.45, 7) is 0.173. The Morgan fingerprint density at radius 2 is 2.00 bits per heavy atom. The van der Waals surface area contributed by atoms with E-state index >= 15 is 0 Å². The SMILES string of the molecule is O=C(CCl)N(O)Cc1ccccc1. The van der Waals surface area contributed by atoms with Gasteiger partial charge in [-0.25, -0.2) is 5.06 Å². The molecule has 0 heterocycles. The molecule has 1 N–H and O–H groups in total. The van der Waals surface area contributed by atoms with Crippen molar-refractivity contribution < 1.29 is 10.0 Å². The lowest BCUT2D eigenvalue weighted by Gasteiger charge is -2.12. The Balaban J connectivity index is 2.55. The third-order valence-electron chi connectivity index (χ3n) is 1.58. The van der Waals surface area contributed by atoms with Gasteiger partial charge in [0.25, 0.3) is 5.91 Å². The molecule has 1 aromatic carbocycles. The highest BCUT2D eigenvalue weighted by Crippen LogP contribution is 2.02. The van der Waals surface area contributed by atoms with Crippen LogP contribution in [0.15, 0.2) is 30.3 Å². The van der Waals surface area contributed by atoms with Gasteiger partial charge in [-0.3, -0.25) is 10.0 Å². The van der Waals surface area contributed by atoms with Crippen molar-refractivity contribution in [2.24, 2.45) is 0 Å². The molecule has 0 aromatic heterocycles. The smallest absolute Gasteiger partial charge is 0.261 e. The number of hydrogen-bond acceptors (Lipinski definition) is 2. The molecule has 0 saturated carbocycles. The number of alkyl halides is 1. The van der Waals surface area contributed by atoms with E-state index in [1.165, 1.54) is 0 Å². The van der Waals surface area contributed by atoms with Gasteiger partial charge in [0, 0.05) is 0 Å². The number of carbonyl (C=O) groups excluding carboxylic acids is 1. The maximum absolute atomic E-state index is 10.9. The van der Waals surface area contributed by atoms with Crippen LogP contribution in [0.5, 0.6) is 0 Å². The lowest BCUT2D eigenvalue weighted by atomic mass is 10.2. The average molecular weight is 200 g/mol. The van der Waals surface area contributed by atoms with Crippen LogP contribution in [0.2, 0.25) is 0 Å². The van der Waals surface area contributed by atoms with E-state index in [0.29, 0.717) is 5.06 Å². The molecule has 1 aromatic rings. The maximum Gasteiger partial charge on any atom is 0.261 e. The van der Waals surface area contributed by atoms with Crippen molar-refractivity contribution in [3.63, 3.8) is 0 Å². The fourth-order valence-electron chi connectivity index (χ4n) is 0.914. The van der Waals surface area contributed by atoms with E-state index in [4.69, 9.17) is 11.6 Å². The molecule has 0 radical (unpaired) electrons. The van der Waals surface area contributed by atoms with E-state index in [9.17, 15) is 10.0 Å². The molecule has 1 rings (SSSR count). The van der Waals surface area contributed by atoms with E-state index in [1.807, 2.05) is 30.3 Å². The molecule has 0 fully saturated rings. The summed E-state index contributed by atoms with van der Waals surface area (Å²) in [7, 11) is 0. The van der Waals surface area contributed by atoms with Gasteiger partial charge in [0.15, 0.2) is 0 Å². The Hall–Kier alpha value is -1.06. The number of amides is 1. The molecule has 1 amide bonds. The maximum atomic E-state index is 10.9. The first-order valence-electron chi connectivity index (χ1n) is 3.83. The Bertz CT molecular complexity index is 276. The highest BCUT2D eigenvalue weighted by molar-refractivity contribution is 6.27. The van der Waals surface area contributed by atoms with Gasteiger partial charge >= 0.3 is 0 Å². The predicted octanol–water partition coefficient (Wildman–Crippen LogP) is 1.64. The van der Waals surface area contributed by atoms with Crippen molar-refractivity contribution in [3.8, 4) is 0 Å². The van der Waals surface area contributed by atoms with Crippen LogP contribution >= 0.6 is 11.6 Å². The van der Waals surface area contributed by atoms with Crippen LogP contribution in [0.4, 0.5) is 0 Å². The van der Waals surface area contributed by atoms with E-state index in [-0.39, 0.29) is 12.4 Å². The Morgan fingerprint density at radius 1 is 1.38 bits per heavy atom. The first-order chi connectivity index (χ1) is 6.24. The summed E-state index contributed by atoms with van der Waals surface area (Å²) < 4.78 is 0. The Labute approximate surface area is 81.5 Å². The summed E-state index contributed by atoms with van der Waals surface area (Å²) in [5.41, 5.74) is 0.864. The second kappa shape index (κ2) is 4.84. The largest absolute Gasteiger partial charge is 0.286 e. The van der Waals surface area contributed by atoms with Crippen LogP contribution in [0.25, 0.3) is 0 Å². The third kappa shape index (κ3) is 3.05. The Kier molecular flexibility index (Phi) is 3.73. The highest BCUT2D eigenvalue weighted by atomic mass is 35.5. The van der Waals surface area contributed by atoms with Crippen molar-refractivity contribution in [3.05, 3.63) is 35.9 Å². The zero-order valence-electron chi connectivity index (χ0n) is 6.98. The monoisotopic (exact) mass is 199 g/mol. The lowest BCUT2D eigenvalue weighted by molar-refractivity contribution is -0.164. The minimum atomic E-state index is -0.495. The number of hydrogen-bond donors (Lipinski definition) is 1. The van der Waals surface area contributed by atoms with E-state index < -0.39 is 5.91 Å². The summed E-state index contributed by atoms with van der Waals surface area (Å²) >= 11 is 5.26. The average Bonchev–Trinajstić information content (AvgIpc) is 2.18. The summed E-state index contributed by atoms with van der Waals surface area (Å²) in [5.74, 6) is -0.700. The van der Waals surface area contributed by atoms with Gasteiger partial charge in [-0.1, -0.05) is 30.3 Å². The van der Waals surface area contributed by atoms with Crippen molar-refractivity contribution in [2.45, 2.75) is 6.54 Å². The van der Waals surface area contributed by atoms with Gasteiger partial charge in [-0.2, -0.15) is 0 Å². The van der Waals surface area contributed by atoms with Gasteiger partial charge in [-0.15, -0.1) is 11.6 Å². The predicted molar refractivity (Wildman–Crippen MR) is 49.5 cm³/mol. The van der Waals surface area contributed by atoms with Crippen LogP contribution in [-0.2, 0) is 11.3 Å². The third-order valence-corrected chi connectivity index (χ3v) is 1.81. The number of benzene rings is 1. The van der Waals surface area contributed by atoms with Crippen LogP contribution in [-0.4, -0.2) is 22.1 Å². The molecule has 0 aliphatic rings. The normalized spacial score (nSPS) is 9.69. The van der Waals surface area contributed by atoms with Crippen molar-refractivity contribution in [1.29, 1.82) is 0 Å². The number of nitrogens with zero attached hydrogens (tertiary/aromatic N) is 1. The first kappa shape index (κ1) is 10.0.